The van der Waals surface area contributed by atoms with Crippen molar-refractivity contribution in [2.45, 2.75) is 24.7 Å². The third kappa shape index (κ3) is 4.17. The lowest BCUT2D eigenvalue weighted by Gasteiger charge is -2.33. The average molecular weight is 218 g/mol. The molecule has 0 spiro atoms. The Balaban J connectivity index is 2.22. The van der Waals surface area contributed by atoms with Gasteiger partial charge in [-0.2, -0.15) is 11.8 Å². The smallest absolute Gasteiger partial charge is 0.0791 e. The van der Waals surface area contributed by atoms with Gasteiger partial charge in [-0.15, -0.1) is 0 Å². The zero-order valence-corrected chi connectivity index (χ0v) is 10.0. The third-order valence-electron chi connectivity index (χ3n) is 2.59. The van der Waals surface area contributed by atoms with E-state index in [9.17, 15) is 5.11 Å². The summed E-state index contributed by atoms with van der Waals surface area (Å²) in [6.07, 6.45) is 1.02. The summed E-state index contributed by atoms with van der Waals surface area (Å²) in [6, 6.07) is 0. The van der Waals surface area contributed by atoms with Crippen LogP contribution in [-0.2, 0) is 0 Å². The zero-order valence-electron chi connectivity index (χ0n) is 9.20. The lowest BCUT2D eigenvalue weighted by molar-refractivity contribution is 0.114. The van der Waals surface area contributed by atoms with Crippen LogP contribution in [0.2, 0.25) is 0 Å². The molecule has 1 aliphatic heterocycles. The Morgan fingerprint density at radius 1 is 1.64 bits per heavy atom. The van der Waals surface area contributed by atoms with Crippen LogP contribution in [0.25, 0.3) is 0 Å². The van der Waals surface area contributed by atoms with Crippen molar-refractivity contribution in [2.24, 2.45) is 0 Å². The van der Waals surface area contributed by atoms with Crippen LogP contribution < -0.4 is 5.32 Å². The van der Waals surface area contributed by atoms with Gasteiger partial charge < -0.3 is 10.4 Å². The average Bonchev–Trinajstić information content (AvgIpc) is 2.18. The Bertz CT molecular complexity index is 157. The van der Waals surface area contributed by atoms with Gasteiger partial charge in [-0.1, -0.05) is 6.92 Å². The molecular formula is C10H22N2OS. The van der Waals surface area contributed by atoms with Crippen LogP contribution >= 0.6 is 11.8 Å². The lowest BCUT2D eigenvalue weighted by Crippen LogP contribution is -2.44. The molecule has 2 N–H and O–H groups in total. The molecule has 84 valence electrons. The number of aliphatic hydroxyl groups excluding tert-OH is 1. The molecule has 0 bridgehead atoms. The molecule has 1 heterocycles. The molecule has 1 rings (SSSR count). The van der Waals surface area contributed by atoms with Crippen LogP contribution in [0.3, 0.4) is 0 Å². The molecule has 3 nitrogen and oxygen atoms in total. The maximum Gasteiger partial charge on any atom is 0.0791 e. The molecular weight excluding hydrogens is 196 g/mol. The largest absolute Gasteiger partial charge is 0.390 e. The molecule has 1 fully saturated rings. The summed E-state index contributed by atoms with van der Waals surface area (Å²) in [4.78, 5) is 2.38. The molecule has 0 aromatic rings. The molecule has 0 aliphatic carbocycles. The predicted octanol–water partition coefficient (Wildman–Crippen LogP) is 0.394. The number of thioether (sulfide) groups is 1. The van der Waals surface area contributed by atoms with Crippen molar-refractivity contribution in [1.29, 1.82) is 0 Å². The van der Waals surface area contributed by atoms with Crippen LogP contribution in [0.15, 0.2) is 0 Å². The third-order valence-corrected chi connectivity index (χ3v) is 3.96. The molecule has 2 unspecified atom stereocenters. The van der Waals surface area contributed by atoms with Crippen molar-refractivity contribution >= 4 is 11.8 Å². The molecule has 0 aromatic heterocycles. The Morgan fingerprint density at radius 2 is 2.43 bits per heavy atom. The van der Waals surface area contributed by atoms with Crippen molar-refractivity contribution < 1.29 is 5.11 Å². The van der Waals surface area contributed by atoms with Crippen LogP contribution in [-0.4, -0.2) is 60.3 Å². The Morgan fingerprint density at radius 3 is 3.07 bits per heavy atom. The Hall–Kier alpha value is 0.230. The first-order chi connectivity index (χ1) is 6.76. The van der Waals surface area contributed by atoms with Crippen LogP contribution in [0.4, 0.5) is 0 Å². The number of nitrogens with zero attached hydrogens (tertiary/aromatic N) is 1. The fourth-order valence-electron chi connectivity index (χ4n) is 1.79. The van der Waals surface area contributed by atoms with Gasteiger partial charge in [0.05, 0.1) is 6.10 Å². The minimum Gasteiger partial charge on any atom is -0.390 e. The summed E-state index contributed by atoms with van der Waals surface area (Å²) < 4.78 is 0. The summed E-state index contributed by atoms with van der Waals surface area (Å²) in [5, 5.41) is 13.4. The van der Waals surface area contributed by atoms with E-state index in [1.54, 1.807) is 0 Å². The number of likely N-dealkylation sites (N-methyl/N-ethyl adjacent to an activating group) is 1. The van der Waals surface area contributed by atoms with Crippen molar-refractivity contribution in [3.63, 3.8) is 0 Å². The van der Waals surface area contributed by atoms with Crippen molar-refractivity contribution in [1.82, 2.24) is 10.2 Å². The lowest BCUT2D eigenvalue weighted by atomic mass is 10.2. The molecule has 14 heavy (non-hydrogen) atoms. The van der Waals surface area contributed by atoms with Gasteiger partial charge in [-0.25, -0.2) is 0 Å². The number of hydrogen-bond donors (Lipinski definition) is 2. The number of β-amino-alcohol motifs (C(OH)–C–C–N with tert-alkyl or cyclic N) is 1. The first-order valence-corrected chi connectivity index (χ1v) is 6.47. The number of aliphatic hydroxyl groups is 1. The minimum atomic E-state index is -0.222. The van der Waals surface area contributed by atoms with Gasteiger partial charge in [-0.3, -0.25) is 4.90 Å². The van der Waals surface area contributed by atoms with Gasteiger partial charge in [-0.05, 0) is 13.5 Å². The van der Waals surface area contributed by atoms with E-state index in [4.69, 9.17) is 0 Å². The van der Waals surface area contributed by atoms with Crippen LogP contribution in [0.1, 0.15) is 13.3 Å². The highest BCUT2D eigenvalue weighted by atomic mass is 32.2. The van der Waals surface area contributed by atoms with E-state index in [0.29, 0.717) is 6.54 Å². The highest BCUT2D eigenvalue weighted by Crippen LogP contribution is 2.20. The summed E-state index contributed by atoms with van der Waals surface area (Å²) in [5.74, 6) is 1.21. The second-order valence-corrected chi connectivity index (χ2v) is 5.28. The molecule has 0 saturated carbocycles. The van der Waals surface area contributed by atoms with Crippen molar-refractivity contribution in [2.75, 3.05) is 39.0 Å². The molecule has 1 aliphatic rings. The summed E-state index contributed by atoms with van der Waals surface area (Å²) >= 11 is 2.07. The fourth-order valence-corrected chi connectivity index (χ4v) is 3.04. The van der Waals surface area contributed by atoms with Gasteiger partial charge in [0.15, 0.2) is 0 Å². The van der Waals surface area contributed by atoms with Gasteiger partial charge >= 0.3 is 0 Å². The van der Waals surface area contributed by atoms with E-state index in [2.05, 4.69) is 28.9 Å². The van der Waals surface area contributed by atoms with E-state index in [1.165, 1.54) is 12.2 Å². The SMILES string of the molecule is CCC1CN(CC(O)CNC)CCS1. The molecule has 0 aromatic carbocycles. The monoisotopic (exact) mass is 218 g/mol. The number of hydrogen-bond acceptors (Lipinski definition) is 4. The molecule has 4 heteroatoms. The number of rotatable bonds is 5. The Kier molecular flexibility index (Phi) is 5.86. The summed E-state index contributed by atoms with van der Waals surface area (Å²) in [5.41, 5.74) is 0. The van der Waals surface area contributed by atoms with E-state index < -0.39 is 0 Å². The van der Waals surface area contributed by atoms with Gasteiger partial charge in [0.2, 0.25) is 0 Å². The number of nitrogens with one attached hydrogen (secondary N) is 1. The maximum absolute atomic E-state index is 9.65. The van der Waals surface area contributed by atoms with Crippen molar-refractivity contribution in [3.05, 3.63) is 0 Å². The first kappa shape index (κ1) is 12.3. The van der Waals surface area contributed by atoms with Crippen molar-refractivity contribution in [3.8, 4) is 0 Å². The van der Waals surface area contributed by atoms with E-state index in [0.717, 1.165) is 24.9 Å². The second-order valence-electron chi connectivity index (χ2n) is 3.87. The van der Waals surface area contributed by atoms with Crippen LogP contribution in [0.5, 0.6) is 0 Å². The molecule has 2 atom stereocenters. The first-order valence-electron chi connectivity index (χ1n) is 5.42. The normalized spacial score (nSPS) is 26.4. The molecule has 0 radical (unpaired) electrons. The molecule has 0 amide bonds. The topological polar surface area (TPSA) is 35.5 Å². The highest BCUT2D eigenvalue weighted by molar-refractivity contribution is 8.00. The highest BCUT2D eigenvalue weighted by Gasteiger charge is 2.20. The van der Waals surface area contributed by atoms with Crippen LogP contribution in [0, 0.1) is 0 Å². The quantitative estimate of drug-likeness (QED) is 0.700. The summed E-state index contributed by atoms with van der Waals surface area (Å²) in [6.45, 7) is 6.02. The van der Waals surface area contributed by atoms with E-state index in [1.807, 2.05) is 7.05 Å². The fraction of sp³-hybridized carbons (Fsp3) is 1.00. The Labute approximate surface area is 91.2 Å². The second kappa shape index (κ2) is 6.67. The van der Waals surface area contributed by atoms with Gasteiger partial charge in [0, 0.05) is 37.2 Å². The van der Waals surface area contributed by atoms with E-state index >= 15 is 0 Å². The van der Waals surface area contributed by atoms with E-state index in [-0.39, 0.29) is 6.10 Å². The maximum atomic E-state index is 9.65. The molecule has 1 saturated heterocycles. The van der Waals surface area contributed by atoms with Gasteiger partial charge in [0.1, 0.15) is 0 Å². The zero-order chi connectivity index (χ0) is 10.4. The predicted molar refractivity (Wildman–Crippen MR) is 62.9 cm³/mol. The minimum absolute atomic E-state index is 0.222. The van der Waals surface area contributed by atoms with Gasteiger partial charge in [0.25, 0.3) is 0 Å². The summed E-state index contributed by atoms with van der Waals surface area (Å²) in [7, 11) is 1.88. The standard InChI is InChI=1S/C10H22N2OS/c1-3-10-8-12(4-5-14-10)7-9(13)6-11-2/h9-11,13H,3-8H2,1-2H3.